The van der Waals surface area contributed by atoms with E-state index in [1.807, 2.05) is 37.3 Å². The molecule has 3 N–H and O–H groups in total. The van der Waals surface area contributed by atoms with Crippen molar-refractivity contribution in [2.45, 2.75) is 17.9 Å². The molecule has 0 bridgehead atoms. The number of benzene rings is 3. The molecule has 178 valence electrons. The Hall–Kier alpha value is -3.69. The highest BCUT2D eigenvalue weighted by atomic mass is 32.2. The highest BCUT2D eigenvalue weighted by Gasteiger charge is 2.16. The van der Waals surface area contributed by atoms with Crippen molar-refractivity contribution in [2.24, 2.45) is 0 Å². The number of para-hydroxylation sites is 1. The summed E-state index contributed by atoms with van der Waals surface area (Å²) in [5.74, 6) is -0.442. The Bertz CT molecular complexity index is 1210. The van der Waals surface area contributed by atoms with Crippen LogP contribution in [-0.4, -0.2) is 39.8 Å². The molecule has 0 saturated heterocycles. The van der Waals surface area contributed by atoms with Crippen LogP contribution in [0.4, 0.5) is 16.2 Å². The van der Waals surface area contributed by atoms with Crippen molar-refractivity contribution in [3.8, 4) is 0 Å². The van der Waals surface area contributed by atoms with E-state index in [9.17, 15) is 18.0 Å². The van der Waals surface area contributed by atoms with Crippen LogP contribution in [0.15, 0.2) is 83.8 Å². The zero-order valence-corrected chi connectivity index (χ0v) is 19.8. The molecule has 1 unspecified atom stereocenters. The van der Waals surface area contributed by atoms with Crippen LogP contribution < -0.4 is 16.0 Å². The number of urea groups is 1. The van der Waals surface area contributed by atoms with Crippen molar-refractivity contribution in [1.29, 1.82) is 0 Å². The lowest BCUT2D eigenvalue weighted by atomic mass is 10.1. The minimum atomic E-state index is -3.45. The first kappa shape index (κ1) is 24.9. The van der Waals surface area contributed by atoms with Crippen LogP contribution in [0.5, 0.6) is 0 Å². The maximum absolute atomic E-state index is 12.6. The van der Waals surface area contributed by atoms with E-state index in [0.717, 1.165) is 5.56 Å². The number of hydrogen-bond acceptors (Lipinski definition) is 5. The minimum absolute atomic E-state index is 0.105. The standard InChI is InChI=1S/C25H27N3O5S/c1-18(26-24(29)20-10-14-23(15-11-20)34(31,32)17-16-33-2)19-8-12-22(13-9-19)28-25(30)27-21-6-4-3-5-7-21/h3-15,18H,16-17H2,1-2H3,(H,26,29)(H2,27,28,30). The lowest BCUT2D eigenvalue weighted by molar-refractivity contribution is 0.0939. The van der Waals surface area contributed by atoms with Crippen LogP contribution in [0.25, 0.3) is 0 Å². The summed E-state index contributed by atoms with van der Waals surface area (Å²) in [6.07, 6.45) is 0. The molecule has 0 saturated carbocycles. The van der Waals surface area contributed by atoms with Gasteiger partial charge in [-0.2, -0.15) is 0 Å². The second-order valence-electron chi connectivity index (χ2n) is 7.60. The molecule has 34 heavy (non-hydrogen) atoms. The molecule has 3 aromatic rings. The average molecular weight is 482 g/mol. The second-order valence-corrected chi connectivity index (χ2v) is 9.71. The molecule has 0 aliphatic carbocycles. The second kappa shape index (κ2) is 11.4. The predicted octanol–water partition coefficient (Wildman–Crippen LogP) is 4.24. The zero-order chi connectivity index (χ0) is 24.6. The topological polar surface area (TPSA) is 114 Å². The first-order valence-electron chi connectivity index (χ1n) is 10.6. The van der Waals surface area contributed by atoms with E-state index in [4.69, 9.17) is 4.74 Å². The molecule has 0 aliphatic rings. The van der Waals surface area contributed by atoms with Crippen LogP contribution in [0, 0.1) is 0 Å². The molecule has 0 aliphatic heterocycles. The number of carbonyl (C=O) groups excluding carboxylic acids is 2. The molecular formula is C25H27N3O5S. The summed E-state index contributed by atoms with van der Waals surface area (Å²) in [6, 6.07) is 21.4. The predicted molar refractivity (Wildman–Crippen MR) is 132 cm³/mol. The molecule has 3 aromatic carbocycles. The van der Waals surface area contributed by atoms with Crippen molar-refractivity contribution in [3.05, 3.63) is 90.0 Å². The van der Waals surface area contributed by atoms with Gasteiger partial charge in [0.1, 0.15) is 0 Å². The van der Waals surface area contributed by atoms with E-state index in [-0.39, 0.29) is 35.2 Å². The monoisotopic (exact) mass is 481 g/mol. The van der Waals surface area contributed by atoms with Gasteiger partial charge in [-0.1, -0.05) is 30.3 Å². The first-order valence-corrected chi connectivity index (χ1v) is 12.3. The van der Waals surface area contributed by atoms with Gasteiger partial charge in [0.25, 0.3) is 5.91 Å². The van der Waals surface area contributed by atoms with Gasteiger partial charge in [0.2, 0.25) is 0 Å². The fourth-order valence-corrected chi connectivity index (χ4v) is 4.33. The summed E-state index contributed by atoms with van der Waals surface area (Å²) in [6.45, 7) is 1.94. The van der Waals surface area contributed by atoms with Gasteiger partial charge in [-0.15, -0.1) is 0 Å². The number of carbonyl (C=O) groups is 2. The van der Waals surface area contributed by atoms with E-state index in [2.05, 4.69) is 16.0 Å². The third kappa shape index (κ3) is 6.90. The zero-order valence-electron chi connectivity index (χ0n) is 18.9. The van der Waals surface area contributed by atoms with Crippen molar-refractivity contribution in [3.63, 3.8) is 0 Å². The number of anilines is 2. The first-order chi connectivity index (χ1) is 16.3. The highest BCUT2D eigenvalue weighted by Crippen LogP contribution is 2.18. The van der Waals surface area contributed by atoms with E-state index in [1.54, 1.807) is 24.3 Å². The van der Waals surface area contributed by atoms with Crippen LogP contribution in [0.1, 0.15) is 28.9 Å². The van der Waals surface area contributed by atoms with Gasteiger partial charge >= 0.3 is 6.03 Å². The Morgan fingerprint density at radius 2 is 1.44 bits per heavy atom. The molecular weight excluding hydrogens is 454 g/mol. The third-order valence-electron chi connectivity index (χ3n) is 5.08. The van der Waals surface area contributed by atoms with Crippen LogP contribution in [0.2, 0.25) is 0 Å². The molecule has 0 aromatic heterocycles. The number of methoxy groups -OCH3 is 1. The normalized spacial score (nSPS) is 11.9. The number of hydrogen-bond donors (Lipinski definition) is 3. The van der Waals surface area contributed by atoms with Crippen molar-refractivity contribution >= 4 is 33.2 Å². The van der Waals surface area contributed by atoms with Gasteiger partial charge < -0.3 is 20.7 Å². The maximum Gasteiger partial charge on any atom is 0.323 e. The minimum Gasteiger partial charge on any atom is -0.384 e. The van der Waals surface area contributed by atoms with Gasteiger partial charge in [0.05, 0.1) is 23.3 Å². The van der Waals surface area contributed by atoms with Gasteiger partial charge in [-0.3, -0.25) is 4.79 Å². The van der Waals surface area contributed by atoms with E-state index in [1.165, 1.54) is 31.4 Å². The molecule has 3 amide bonds. The Labute approximate surface area is 199 Å². The molecule has 0 fully saturated rings. The molecule has 1 atom stereocenters. The van der Waals surface area contributed by atoms with E-state index < -0.39 is 9.84 Å². The van der Waals surface area contributed by atoms with Crippen LogP contribution in [-0.2, 0) is 14.6 Å². The fraction of sp³-hybridized carbons (Fsp3) is 0.200. The number of amides is 3. The average Bonchev–Trinajstić information content (AvgIpc) is 2.84. The summed E-state index contributed by atoms with van der Waals surface area (Å²) in [4.78, 5) is 24.9. The van der Waals surface area contributed by atoms with Crippen molar-refractivity contribution in [1.82, 2.24) is 5.32 Å². The molecule has 3 rings (SSSR count). The summed E-state index contributed by atoms with van der Waals surface area (Å²) in [5, 5.41) is 8.39. The van der Waals surface area contributed by atoms with Gasteiger partial charge in [-0.05, 0) is 61.0 Å². The number of rotatable bonds is 9. The Morgan fingerprint density at radius 1 is 0.853 bits per heavy atom. The van der Waals surface area contributed by atoms with E-state index in [0.29, 0.717) is 16.9 Å². The van der Waals surface area contributed by atoms with Crippen LogP contribution in [0.3, 0.4) is 0 Å². The molecule has 0 spiro atoms. The summed E-state index contributed by atoms with van der Waals surface area (Å²) >= 11 is 0. The summed E-state index contributed by atoms with van der Waals surface area (Å²) in [5.41, 5.74) is 2.50. The molecule has 0 radical (unpaired) electrons. The Balaban J connectivity index is 1.56. The SMILES string of the molecule is COCCS(=O)(=O)c1ccc(C(=O)NC(C)c2ccc(NC(=O)Nc3ccccc3)cc2)cc1. The van der Waals surface area contributed by atoms with Gasteiger partial charge in [0, 0.05) is 24.0 Å². The summed E-state index contributed by atoms with van der Waals surface area (Å²) < 4.78 is 29.3. The number of nitrogens with one attached hydrogen (secondary N) is 3. The molecule has 0 heterocycles. The molecule has 9 heteroatoms. The smallest absolute Gasteiger partial charge is 0.323 e. The molecule has 8 nitrogen and oxygen atoms in total. The summed E-state index contributed by atoms with van der Waals surface area (Å²) in [7, 11) is -2.01. The van der Waals surface area contributed by atoms with Crippen LogP contribution >= 0.6 is 0 Å². The highest BCUT2D eigenvalue weighted by molar-refractivity contribution is 7.91. The maximum atomic E-state index is 12.6. The Kier molecular flexibility index (Phi) is 8.39. The quantitative estimate of drug-likeness (QED) is 0.423. The van der Waals surface area contributed by atoms with Gasteiger partial charge in [0.15, 0.2) is 9.84 Å². The number of sulfone groups is 1. The largest absolute Gasteiger partial charge is 0.384 e. The van der Waals surface area contributed by atoms with Gasteiger partial charge in [-0.25, -0.2) is 13.2 Å². The van der Waals surface area contributed by atoms with E-state index >= 15 is 0 Å². The van der Waals surface area contributed by atoms with Crippen molar-refractivity contribution in [2.75, 3.05) is 30.1 Å². The van der Waals surface area contributed by atoms with Crippen molar-refractivity contribution < 1.29 is 22.7 Å². The lowest BCUT2D eigenvalue weighted by Crippen LogP contribution is -2.26. The Morgan fingerprint density at radius 3 is 2.03 bits per heavy atom. The fourth-order valence-electron chi connectivity index (χ4n) is 3.16. The third-order valence-corrected chi connectivity index (χ3v) is 6.77. The number of ether oxygens (including phenoxy) is 1. The lowest BCUT2D eigenvalue weighted by Gasteiger charge is -2.15.